The molecule has 1 aromatic carbocycles. The van der Waals surface area contributed by atoms with Gasteiger partial charge in [0.15, 0.2) is 5.96 Å². The summed E-state index contributed by atoms with van der Waals surface area (Å²) in [6.07, 6.45) is 5.16. The van der Waals surface area contributed by atoms with Gasteiger partial charge in [-0.1, -0.05) is 18.6 Å². The van der Waals surface area contributed by atoms with E-state index in [-0.39, 0.29) is 5.91 Å². The molecular weight excluding hydrogens is 350 g/mol. The molecule has 0 saturated carbocycles. The SMILES string of the molecule is CCNC(=O)c1ccc(CN=C(NCC)NCCCN2CCCCC2C)cc1. The Balaban J connectivity index is 1.78. The fourth-order valence-electron chi connectivity index (χ4n) is 3.51. The Labute approximate surface area is 170 Å². The molecule has 1 unspecified atom stereocenters. The van der Waals surface area contributed by atoms with Crippen LogP contribution in [0.5, 0.6) is 0 Å². The molecule has 1 amide bonds. The van der Waals surface area contributed by atoms with Gasteiger partial charge in [0.25, 0.3) is 5.91 Å². The highest BCUT2D eigenvalue weighted by Gasteiger charge is 2.17. The van der Waals surface area contributed by atoms with Gasteiger partial charge in [-0.15, -0.1) is 0 Å². The summed E-state index contributed by atoms with van der Waals surface area (Å²) in [5, 5.41) is 9.56. The van der Waals surface area contributed by atoms with Gasteiger partial charge in [0.2, 0.25) is 0 Å². The predicted octanol–water partition coefficient (Wildman–Crippen LogP) is 2.76. The van der Waals surface area contributed by atoms with Gasteiger partial charge in [0.1, 0.15) is 0 Å². The number of aliphatic imine (C=N–C) groups is 1. The van der Waals surface area contributed by atoms with Gasteiger partial charge in [0.05, 0.1) is 6.54 Å². The Morgan fingerprint density at radius 2 is 1.86 bits per heavy atom. The van der Waals surface area contributed by atoms with Crippen molar-refractivity contribution >= 4 is 11.9 Å². The Bertz CT molecular complexity index is 614. The van der Waals surface area contributed by atoms with Crippen molar-refractivity contribution in [3.05, 3.63) is 35.4 Å². The Morgan fingerprint density at radius 1 is 1.11 bits per heavy atom. The number of piperidine rings is 1. The summed E-state index contributed by atoms with van der Waals surface area (Å²) >= 11 is 0. The molecule has 0 aliphatic carbocycles. The van der Waals surface area contributed by atoms with Crippen molar-refractivity contribution in [1.29, 1.82) is 0 Å². The maximum Gasteiger partial charge on any atom is 0.251 e. The van der Waals surface area contributed by atoms with Crippen LogP contribution in [-0.4, -0.2) is 55.5 Å². The average Bonchev–Trinajstić information content (AvgIpc) is 2.71. The van der Waals surface area contributed by atoms with Gasteiger partial charge in [-0.25, -0.2) is 4.99 Å². The van der Waals surface area contributed by atoms with Gasteiger partial charge in [-0.3, -0.25) is 4.79 Å². The molecule has 1 fully saturated rings. The van der Waals surface area contributed by atoms with Gasteiger partial charge in [0, 0.05) is 37.8 Å². The van der Waals surface area contributed by atoms with Gasteiger partial charge in [-0.2, -0.15) is 0 Å². The number of hydrogen-bond donors (Lipinski definition) is 3. The molecular formula is C22H37N5O. The third-order valence-corrected chi connectivity index (χ3v) is 5.17. The lowest BCUT2D eigenvalue weighted by molar-refractivity contribution is 0.0956. The van der Waals surface area contributed by atoms with Crippen LogP contribution < -0.4 is 16.0 Å². The molecule has 156 valence electrons. The van der Waals surface area contributed by atoms with Crippen LogP contribution in [0.15, 0.2) is 29.3 Å². The van der Waals surface area contributed by atoms with E-state index in [0.717, 1.165) is 43.6 Å². The van der Waals surface area contributed by atoms with E-state index < -0.39 is 0 Å². The molecule has 1 aliphatic heterocycles. The van der Waals surface area contributed by atoms with Gasteiger partial charge in [-0.05, 0) is 64.3 Å². The number of guanidine groups is 1. The molecule has 3 N–H and O–H groups in total. The molecule has 0 bridgehead atoms. The minimum Gasteiger partial charge on any atom is -0.357 e. The predicted molar refractivity (Wildman–Crippen MR) is 117 cm³/mol. The maximum atomic E-state index is 11.8. The molecule has 1 atom stereocenters. The zero-order chi connectivity index (χ0) is 20.2. The molecule has 28 heavy (non-hydrogen) atoms. The molecule has 6 heteroatoms. The quantitative estimate of drug-likeness (QED) is 0.346. The van der Waals surface area contributed by atoms with Crippen LogP contribution in [0.1, 0.15) is 62.4 Å². The number of hydrogen-bond acceptors (Lipinski definition) is 3. The lowest BCUT2D eigenvalue weighted by Gasteiger charge is -2.33. The first-order valence-electron chi connectivity index (χ1n) is 10.8. The zero-order valence-corrected chi connectivity index (χ0v) is 17.8. The van der Waals surface area contributed by atoms with Crippen molar-refractivity contribution in [3.63, 3.8) is 0 Å². The first kappa shape index (κ1) is 22.2. The lowest BCUT2D eigenvalue weighted by atomic mass is 10.0. The zero-order valence-electron chi connectivity index (χ0n) is 17.8. The topological polar surface area (TPSA) is 68.8 Å². The van der Waals surface area contributed by atoms with Crippen molar-refractivity contribution in [2.75, 3.05) is 32.7 Å². The van der Waals surface area contributed by atoms with E-state index in [4.69, 9.17) is 0 Å². The minimum absolute atomic E-state index is 0.0319. The van der Waals surface area contributed by atoms with E-state index in [1.165, 1.54) is 25.8 Å². The molecule has 0 spiro atoms. The highest BCUT2D eigenvalue weighted by molar-refractivity contribution is 5.94. The first-order valence-corrected chi connectivity index (χ1v) is 10.8. The second-order valence-corrected chi connectivity index (χ2v) is 7.41. The number of nitrogens with zero attached hydrogens (tertiary/aromatic N) is 2. The highest BCUT2D eigenvalue weighted by Crippen LogP contribution is 2.16. The smallest absolute Gasteiger partial charge is 0.251 e. The molecule has 0 radical (unpaired) electrons. The minimum atomic E-state index is -0.0319. The Morgan fingerprint density at radius 3 is 2.54 bits per heavy atom. The lowest BCUT2D eigenvalue weighted by Crippen LogP contribution is -2.41. The van der Waals surface area contributed by atoms with E-state index in [1.54, 1.807) is 0 Å². The maximum absolute atomic E-state index is 11.8. The number of rotatable bonds is 9. The summed E-state index contributed by atoms with van der Waals surface area (Å²) in [5.74, 6) is 0.817. The molecule has 6 nitrogen and oxygen atoms in total. The summed E-state index contributed by atoms with van der Waals surface area (Å²) in [4.78, 5) is 19.1. The number of carbonyl (C=O) groups is 1. The fraction of sp³-hybridized carbons (Fsp3) is 0.636. The van der Waals surface area contributed by atoms with E-state index in [2.05, 4.69) is 39.7 Å². The average molecular weight is 388 g/mol. The summed E-state index contributed by atoms with van der Waals surface area (Å²) in [7, 11) is 0. The summed E-state index contributed by atoms with van der Waals surface area (Å²) < 4.78 is 0. The third-order valence-electron chi connectivity index (χ3n) is 5.17. The second kappa shape index (κ2) is 12.4. The molecule has 1 heterocycles. The number of amides is 1. The summed E-state index contributed by atoms with van der Waals surface area (Å²) in [6, 6.07) is 8.37. The largest absolute Gasteiger partial charge is 0.357 e. The number of nitrogens with one attached hydrogen (secondary N) is 3. The van der Waals surface area contributed by atoms with Crippen molar-refractivity contribution < 1.29 is 4.79 Å². The summed E-state index contributed by atoms with van der Waals surface area (Å²) in [5.41, 5.74) is 1.78. The summed E-state index contributed by atoms with van der Waals surface area (Å²) in [6.45, 7) is 11.7. The van der Waals surface area contributed by atoms with Gasteiger partial charge >= 0.3 is 0 Å². The van der Waals surface area contributed by atoms with Crippen LogP contribution in [0.2, 0.25) is 0 Å². The van der Waals surface area contributed by atoms with Crippen LogP contribution >= 0.6 is 0 Å². The first-order chi connectivity index (χ1) is 13.6. The van der Waals surface area contributed by atoms with E-state index in [0.29, 0.717) is 18.7 Å². The van der Waals surface area contributed by atoms with E-state index in [1.807, 2.05) is 31.2 Å². The van der Waals surface area contributed by atoms with Crippen LogP contribution in [0, 0.1) is 0 Å². The second-order valence-electron chi connectivity index (χ2n) is 7.41. The van der Waals surface area contributed by atoms with Gasteiger partial charge < -0.3 is 20.9 Å². The number of carbonyl (C=O) groups excluding carboxylic acids is 1. The van der Waals surface area contributed by atoms with Crippen LogP contribution in [-0.2, 0) is 6.54 Å². The molecule has 1 aromatic rings. The van der Waals surface area contributed by atoms with Crippen molar-refractivity contribution in [3.8, 4) is 0 Å². The number of likely N-dealkylation sites (tertiary alicyclic amines) is 1. The molecule has 2 rings (SSSR count). The van der Waals surface area contributed by atoms with Crippen LogP contribution in [0.4, 0.5) is 0 Å². The Hall–Kier alpha value is -2.08. The van der Waals surface area contributed by atoms with E-state index in [9.17, 15) is 4.79 Å². The highest BCUT2D eigenvalue weighted by atomic mass is 16.1. The van der Waals surface area contributed by atoms with Crippen molar-refractivity contribution in [2.45, 2.75) is 59.0 Å². The van der Waals surface area contributed by atoms with Crippen molar-refractivity contribution in [1.82, 2.24) is 20.9 Å². The molecule has 1 aliphatic rings. The monoisotopic (exact) mass is 387 g/mol. The number of benzene rings is 1. The van der Waals surface area contributed by atoms with Crippen LogP contribution in [0.3, 0.4) is 0 Å². The fourth-order valence-corrected chi connectivity index (χ4v) is 3.51. The normalized spacial score (nSPS) is 18.0. The Kier molecular flexibility index (Phi) is 9.83. The molecule has 1 saturated heterocycles. The van der Waals surface area contributed by atoms with Crippen LogP contribution in [0.25, 0.3) is 0 Å². The van der Waals surface area contributed by atoms with Crippen molar-refractivity contribution in [2.24, 2.45) is 4.99 Å². The molecule has 0 aromatic heterocycles. The third kappa shape index (κ3) is 7.50. The van der Waals surface area contributed by atoms with E-state index >= 15 is 0 Å². The standard InChI is InChI=1S/C22H37N5O/c1-4-23-21(28)20-12-10-19(11-13-20)17-26-22(24-5-2)25-14-8-16-27-15-7-6-9-18(27)3/h10-13,18H,4-9,14-17H2,1-3H3,(H,23,28)(H2,24,25,26).